The van der Waals surface area contributed by atoms with E-state index in [0.717, 1.165) is 30.6 Å². The standard InChI is InChI=1S/C22H31N3O3S/c1-22(2,3)15-11-9-14(10-12-15)20(27)25-16-13-29-17(19(16)24-21(25)28)7-5-6-8-18(26)23-4/h9-12,16-17,19H,5-8,13H2,1-4H3,(H,23,26)(H,24,28)/t16-,17-,19-/m0/s1. The summed E-state index contributed by atoms with van der Waals surface area (Å²) in [5.74, 6) is 0.594. The van der Waals surface area contributed by atoms with Crippen molar-refractivity contribution in [3.8, 4) is 0 Å². The van der Waals surface area contributed by atoms with Gasteiger partial charge in [0, 0.05) is 30.0 Å². The van der Waals surface area contributed by atoms with Crippen LogP contribution in [0, 0.1) is 0 Å². The molecule has 0 spiro atoms. The Balaban J connectivity index is 1.61. The van der Waals surface area contributed by atoms with Crippen LogP contribution in [0.15, 0.2) is 24.3 Å². The average molecular weight is 418 g/mol. The minimum Gasteiger partial charge on any atom is -0.359 e. The van der Waals surface area contributed by atoms with E-state index >= 15 is 0 Å². The van der Waals surface area contributed by atoms with Gasteiger partial charge in [-0.1, -0.05) is 39.3 Å². The van der Waals surface area contributed by atoms with Gasteiger partial charge in [0.15, 0.2) is 0 Å². The summed E-state index contributed by atoms with van der Waals surface area (Å²) in [6.07, 6.45) is 3.24. The fraction of sp³-hybridized carbons (Fsp3) is 0.591. The van der Waals surface area contributed by atoms with Crippen LogP contribution < -0.4 is 10.6 Å². The first-order chi connectivity index (χ1) is 13.7. The lowest BCUT2D eigenvalue weighted by atomic mass is 9.86. The molecule has 3 atom stereocenters. The fourth-order valence-electron chi connectivity index (χ4n) is 3.98. The summed E-state index contributed by atoms with van der Waals surface area (Å²) in [6.45, 7) is 6.40. The van der Waals surface area contributed by atoms with E-state index in [2.05, 4.69) is 31.4 Å². The number of nitrogens with one attached hydrogen (secondary N) is 2. The molecule has 4 amide bonds. The van der Waals surface area contributed by atoms with Gasteiger partial charge in [0.25, 0.3) is 5.91 Å². The summed E-state index contributed by atoms with van der Waals surface area (Å²) in [6, 6.07) is 7.18. The molecule has 2 heterocycles. The molecule has 6 nitrogen and oxygen atoms in total. The molecule has 2 saturated heterocycles. The minimum absolute atomic E-state index is 0.00898. The van der Waals surface area contributed by atoms with Crippen LogP contribution in [-0.2, 0) is 10.2 Å². The van der Waals surface area contributed by atoms with Gasteiger partial charge >= 0.3 is 6.03 Å². The van der Waals surface area contributed by atoms with Crippen LogP contribution in [0.4, 0.5) is 4.79 Å². The summed E-state index contributed by atoms with van der Waals surface area (Å²) in [5.41, 5.74) is 1.73. The van der Waals surface area contributed by atoms with Gasteiger partial charge in [-0.15, -0.1) is 0 Å². The molecule has 1 aromatic rings. The monoisotopic (exact) mass is 417 g/mol. The van der Waals surface area contributed by atoms with Crippen molar-refractivity contribution < 1.29 is 14.4 Å². The number of rotatable bonds is 6. The SMILES string of the molecule is CNC(=O)CCCC[C@@H]1SC[C@H]2[C@@H]1NC(=O)N2C(=O)c1ccc(C(C)(C)C)cc1. The normalized spacial score (nSPS) is 23.7. The van der Waals surface area contributed by atoms with E-state index in [1.807, 2.05) is 36.0 Å². The van der Waals surface area contributed by atoms with Crippen molar-refractivity contribution in [3.63, 3.8) is 0 Å². The molecule has 158 valence electrons. The van der Waals surface area contributed by atoms with Crippen molar-refractivity contribution in [1.29, 1.82) is 0 Å². The highest BCUT2D eigenvalue weighted by molar-refractivity contribution is 8.00. The Morgan fingerprint density at radius 1 is 1.21 bits per heavy atom. The van der Waals surface area contributed by atoms with E-state index < -0.39 is 0 Å². The fourth-order valence-corrected chi connectivity index (χ4v) is 5.57. The van der Waals surface area contributed by atoms with E-state index in [9.17, 15) is 14.4 Å². The van der Waals surface area contributed by atoms with E-state index in [0.29, 0.717) is 12.0 Å². The Kier molecular flexibility index (Phi) is 6.56. The molecule has 2 fully saturated rings. The summed E-state index contributed by atoms with van der Waals surface area (Å²) >= 11 is 1.81. The Bertz CT molecular complexity index is 773. The maximum atomic E-state index is 13.0. The lowest BCUT2D eigenvalue weighted by Gasteiger charge is -2.22. The van der Waals surface area contributed by atoms with Crippen molar-refractivity contribution in [1.82, 2.24) is 15.5 Å². The first kappa shape index (κ1) is 21.7. The van der Waals surface area contributed by atoms with Crippen molar-refractivity contribution in [2.45, 2.75) is 69.2 Å². The van der Waals surface area contributed by atoms with Crippen molar-refractivity contribution in [2.24, 2.45) is 0 Å². The van der Waals surface area contributed by atoms with Gasteiger partial charge in [-0.05, 0) is 36.0 Å². The second kappa shape index (κ2) is 8.78. The van der Waals surface area contributed by atoms with Crippen LogP contribution >= 0.6 is 11.8 Å². The zero-order chi connectivity index (χ0) is 21.2. The van der Waals surface area contributed by atoms with Gasteiger partial charge in [-0.2, -0.15) is 11.8 Å². The number of hydrogen-bond acceptors (Lipinski definition) is 4. The van der Waals surface area contributed by atoms with Gasteiger partial charge < -0.3 is 10.6 Å². The molecule has 1 aromatic carbocycles. The molecule has 0 aromatic heterocycles. The first-order valence-electron chi connectivity index (χ1n) is 10.3. The zero-order valence-corrected chi connectivity index (χ0v) is 18.5. The van der Waals surface area contributed by atoms with Crippen molar-refractivity contribution in [2.75, 3.05) is 12.8 Å². The molecule has 0 unspecified atom stereocenters. The molecular formula is C22H31N3O3S. The Labute approximate surface area is 177 Å². The maximum absolute atomic E-state index is 13.0. The first-order valence-corrected chi connectivity index (χ1v) is 11.3. The highest BCUT2D eigenvalue weighted by Crippen LogP contribution is 2.37. The third kappa shape index (κ3) is 4.77. The lowest BCUT2D eigenvalue weighted by Crippen LogP contribution is -2.41. The molecule has 3 rings (SSSR count). The number of unbranched alkanes of at least 4 members (excludes halogenated alkanes) is 1. The Morgan fingerprint density at radius 3 is 2.52 bits per heavy atom. The van der Waals surface area contributed by atoms with Crippen LogP contribution in [0.2, 0.25) is 0 Å². The van der Waals surface area contributed by atoms with Crippen molar-refractivity contribution in [3.05, 3.63) is 35.4 Å². The Morgan fingerprint density at radius 2 is 1.90 bits per heavy atom. The average Bonchev–Trinajstić information content (AvgIpc) is 3.21. The van der Waals surface area contributed by atoms with Gasteiger partial charge in [0.2, 0.25) is 5.91 Å². The second-order valence-electron chi connectivity index (χ2n) is 8.84. The highest BCUT2D eigenvalue weighted by atomic mass is 32.2. The van der Waals surface area contributed by atoms with Crippen molar-refractivity contribution >= 4 is 29.6 Å². The number of carbonyl (C=O) groups excluding carboxylic acids is 3. The predicted octanol–water partition coefficient (Wildman–Crippen LogP) is 3.31. The van der Waals surface area contributed by atoms with E-state index in [1.165, 1.54) is 4.90 Å². The van der Waals surface area contributed by atoms with Gasteiger partial charge in [-0.3, -0.25) is 14.5 Å². The number of benzene rings is 1. The minimum atomic E-state index is -0.291. The summed E-state index contributed by atoms with van der Waals surface area (Å²) in [4.78, 5) is 38.4. The number of fused-ring (bicyclic) bond motifs is 1. The number of carbonyl (C=O) groups is 3. The molecule has 0 aliphatic carbocycles. The summed E-state index contributed by atoms with van der Waals surface area (Å²) in [7, 11) is 1.65. The summed E-state index contributed by atoms with van der Waals surface area (Å²) in [5, 5.41) is 5.95. The molecule has 29 heavy (non-hydrogen) atoms. The predicted molar refractivity (Wildman–Crippen MR) is 116 cm³/mol. The number of nitrogens with zero attached hydrogens (tertiary/aromatic N) is 1. The van der Waals surface area contributed by atoms with Crippen LogP contribution in [0.1, 0.15) is 62.4 Å². The van der Waals surface area contributed by atoms with Crippen LogP contribution in [0.5, 0.6) is 0 Å². The molecule has 0 saturated carbocycles. The van der Waals surface area contributed by atoms with E-state index in [4.69, 9.17) is 0 Å². The van der Waals surface area contributed by atoms with Crippen LogP contribution in [0.3, 0.4) is 0 Å². The number of amides is 4. The second-order valence-corrected chi connectivity index (χ2v) is 10.1. The summed E-state index contributed by atoms with van der Waals surface area (Å²) < 4.78 is 0. The maximum Gasteiger partial charge on any atom is 0.325 e. The van der Waals surface area contributed by atoms with Gasteiger partial charge in [0.1, 0.15) is 0 Å². The topological polar surface area (TPSA) is 78.5 Å². The van der Waals surface area contributed by atoms with Gasteiger partial charge in [-0.25, -0.2) is 4.79 Å². The molecular weight excluding hydrogens is 386 g/mol. The number of imide groups is 1. The Hall–Kier alpha value is -2.02. The van der Waals surface area contributed by atoms with Crippen LogP contribution in [-0.4, -0.2) is 52.9 Å². The molecule has 0 radical (unpaired) electrons. The zero-order valence-electron chi connectivity index (χ0n) is 17.7. The molecule has 2 N–H and O–H groups in total. The third-order valence-electron chi connectivity index (χ3n) is 5.77. The molecule has 7 heteroatoms. The highest BCUT2D eigenvalue weighted by Gasteiger charge is 2.50. The van der Waals surface area contributed by atoms with Gasteiger partial charge in [0.05, 0.1) is 12.1 Å². The van der Waals surface area contributed by atoms with E-state index in [-0.39, 0.29) is 40.6 Å². The smallest absolute Gasteiger partial charge is 0.325 e. The van der Waals surface area contributed by atoms with E-state index in [1.54, 1.807) is 7.05 Å². The number of thioether (sulfide) groups is 1. The number of urea groups is 1. The molecule has 2 aliphatic rings. The third-order valence-corrected chi connectivity index (χ3v) is 7.27. The molecule has 2 aliphatic heterocycles. The lowest BCUT2D eigenvalue weighted by molar-refractivity contribution is -0.120. The van der Waals surface area contributed by atoms with Crippen LogP contribution in [0.25, 0.3) is 0 Å². The molecule has 0 bridgehead atoms. The quantitative estimate of drug-likeness (QED) is 0.550. The number of hydrogen-bond donors (Lipinski definition) is 2. The largest absolute Gasteiger partial charge is 0.359 e.